The number of nitrogens with zero attached hydrogens (tertiary/aromatic N) is 3. The molecule has 0 N–H and O–H groups in total. The minimum atomic E-state index is -4.42. The molecule has 0 aliphatic heterocycles. The Morgan fingerprint density at radius 2 is 1.81 bits per heavy atom. The molecular weight excluding hydrogens is 362 g/mol. The summed E-state index contributed by atoms with van der Waals surface area (Å²) in [7, 11) is 0. The Bertz CT molecular complexity index is 1000. The first-order valence-corrected chi connectivity index (χ1v) is 7.91. The van der Waals surface area contributed by atoms with Gasteiger partial charge in [0, 0.05) is 12.6 Å². The van der Waals surface area contributed by atoms with Crippen LogP contribution in [-0.4, -0.2) is 9.78 Å². The van der Waals surface area contributed by atoms with Crippen LogP contribution in [0.3, 0.4) is 0 Å². The molecule has 3 aromatic rings. The predicted octanol–water partition coefficient (Wildman–Crippen LogP) is 6.07. The van der Waals surface area contributed by atoms with Crippen molar-refractivity contribution in [3.8, 4) is 22.9 Å². The van der Waals surface area contributed by atoms with Crippen molar-refractivity contribution in [2.24, 2.45) is 0 Å². The lowest BCUT2D eigenvalue weighted by Crippen LogP contribution is -2.04. The highest BCUT2D eigenvalue weighted by molar-refractivity contribution is 5.66. The van der Waals surface area contributed by atoms with Crippen molar-refractivity contribution in [1.29, 1.82) is 0 Å². The number of aromatic nitrogens is 2. The second-order valence-corrected chi connectivity index (χ2v) is 5.62. The average Bonchev–Trinajstić information content (AvgIpc) is 3.03. The van der Waals surface area contributed by atoms with Gasteiger partial charge in [-0.25, -0.2) is 13.9 Å². The quantitative estimate of drug-likeness (QED) is 0.409. The molecule has 0 spiro atoms. The van der Waals surface area contributed by atoms with Crippen LogP contribution in [0, 0.1) is 12.4 Å². The van der Waals surface area contributed by atoms with Crippen molar-refractivity contribution < 1.29 is 22.3 Å². The van der Waals surface area contributed by atoms with Crippen molar-refractivity contribution in [1.82, 2.24) is 9.78 Å². The van der Waals surface area contributed by atoms with Gasteiger partial charge in [-0.1, -0.05) is 0 Å². The molecule has 0 saturated heterocycles. The van der Waals surface area contributed by atoms with Crippen LogP contribution in [-0.2, 0) is 12.7 Å². The zero-order valence-corrected chi connectivity index (χ0v) is 14.1. The van der Waals surface area contributed by atoms with E-state index in [9.17, 15) is 17.6 Å². The van der Waals surface area contributed by atoms with Gasteiger partial charge in [-0.15, -0.1) is 0 Å². The molecule has 0 unspecified atom stereocenters. The SMILES string of the molecule is [C-]#[N+]c1cc(F)cc(-c2cc(Oc3ccc(C(F)(F)F)cc3)n(CC)n2)c1. The summed E-state index contributed by atoms with van der Waals surface area (Å²) in [4.78, 5) is 3.21. The van der Waals surface area contributed by atoms with Crippen molar-refractivity contribution >= 4 is 5.69 Å². The fourth-order valence-corrected chi connectivity index (χ4v) is 2.47. The summed E-state index contributed by atoms with van der Waals surface area (Å²) in [6.07, 6.45) is -4.42. The van der Waals surface area contributed by atoms with Gasteiger partial charge in [-0.2, -0.15) is 18.3 Å². The first kappa shape index (κ1) is 18.5. The number of rotatable bonds is 4. The van der Waals surface area contributed by atoms with Crippen molar-refractivity contribution in [2.75, 3.05) is 0 Å². The molecule has 0 radical (unpaired) electrons. The van der Waals surface area contributed by atoms with E-state index < -0.39 is 17.6 Å². The second kappa shape index (κ2) is 7.11. The average molecular weight is 375 g/mol. The first-order chi connectivity index (χ1) is 12.8. The van der Waals surface area contributed by atoms with Gasteiger partial charge in [0.2, 0.25) is 5.88 Å². The second-order valence-electron chi connectivity index (χ2n) is 5.62. The lowest BCUT2D eigenvalue weighted by atomic mass is 10.1. The van der Waals surface area contributed by atoms with Crippen LogP contribution in [0.1, 0.15) is 12.5 Å². The Morgan fingerprint density at radius 1 is 1.11 bits per heavy atom. The van der Waals surface area contributed by atoms with Gasteiger partial charge in [0.15, 0.2) is 5.69 Å². The standard InChI is InChI=1S/C19H13F4N3O/c1-3-26-18(27-16-6-4-13(5-7-16)19(21,22)23)11-17(25-26)12-8-14(20)10-15(9-12)24-2/h4-11H,3H2,1H3. The fourth-order valence-electron chi connectivity index (χ4n) is 2.47. The normalized spacial score (nSPS) is 11.3. The molecule has 0 aliphatic carbocycles. The molecule has 3 rings (SSSR count). The minimum Gasteiger partial charge on any atom is -0.439 e. The molecule has 8 heteroatoms. The summed E-state index contributed by atoms with van der Waals surface area (Å²) in [5, 5.41) is 4.31. The molecule has 4 nitrogen and oxygen atoms in total. The Morgan fingerprint density at radius 3 is 2.41 bits per heavy atom. The van der Waals surface area contributed by atoms with E-state index in [1.165, 1.54) is 28.9 Å². The molecule has 1 aromatic heterocycles. The zero-order chi connectivity index (χ0) is 19.6. The molecule has 2 aromatic carbocycles. The van der Waals surface area contributed by atoms with Crippen LogP contribution < -0.4 is 4.74 Å². The summed E-state index contributed by atoms with van der Waals surface area (Å²) in [6.45, 7) is 9.26. The Hall–Kier alpha value is -3.34. The lowest BCUT2D eigenvalue weighted by Gasteiger charge is -2.09. The number of ether oxygens (including phenoxy) is 1. The molecule has 0 bridgehead atoms. The van der Waals surface area contributed by atoms with E-state index in [0.29, 0.717) is 23.7 Å². The largest absolute Gasteiger partial charge is 0.439 e. The minimum absolute atomic E-state index is 0.140. The van der Waals surface area contributed by atoms with Crippen LogP contribution in [0.4, 0.5) is 23.2 Å². The molecule has 1 heterocycles. The van der Waals surface area contributed by atoms with Gasteiger partial charge in [0.05, 0.1) is 17.8 Å². The van der Waals surface area contributed by atoms with Gasteiger partial charge >= 0.3 is 6.18 Å². The Balaban J connectivity index is 1.91. The van der Waals surface area contributed by atoms with Crippen LogP contribution in [0.25, 0.3) is 16.1 Å². The molecule has 0 amide bonds. The van der Waals surface area contributed by atoms with E-state index in [-0.39, 0.29) is 11.4 Å². The fraction of sp³-hybridized carbons (Fsp3) is 0.158. The zero-order valence-electron chi connectivity index (χ0n) is 14.1. The smallest absolute Gasteiger partial charge is 0.416 e. The van der Waals surface area contributed by atoms with Gasteiger partial charge in [0.25, 0.3) is 0 Å². The van der Waals surface area contributed by atoms with E-state index in [0.717, 1.165) is 18.2 Å². The molecule has 0 fully saturated rings. The number of alkyl halides is 3. The maximum Gasteiger partial charge on any atom is 0.416 e. The van der Waals surface area contributed by atoms with Crippen molar-refractivity contribution in [3.05, 3.63) is 71.3 Å². The van der Waals surface area contributed by atoms with E-state index in [2.05, 4.69) is 9.94 Å². The van der Waals surface area contributed by atoms with Gasteiger partial charge in [0.1, 0.15) is 11.6 Å². The maximum atomic E-state index is 13.7. The third-order valence-electron chi connectivity index (χ3n) is 3.75. The molecule has 27 heavy (non-hydrogen) atoms. The predicted molar refractivity (Wildman–Crippen MR) is 91.1 cm³/mol. The highest BCUT2D eigenvalue weighted by Gasteiger charge is 2.30. The van der Waals surface area contributed by atoms with Gasteiger partial charge in [-0.05, 0) is 55.0 Å². The molecule has 0 saturated carbocycles. The van der Waals surface area contributed by atoms with Crippen LogP contribution >= 0.6 is 0 Å². The topological polar surface area (TPSA) is 31.4 Å². The maximum absolute atomic E-state index is 13.7. The van der Waals surface area contributed by atoms with E-state index in [4.69, 9.17) is 11.3 Å². The Kier molecular flexibility index (Phi) is 4.86. The monoisotopic (exact) mass is 375 g/mol. The van der Waals surface area contributed by atoms with Crippen molar-refractivity contribution in [2.45, 2.75) is 19.6 Å². The van der Waals surface area contributed by atoms with E-state index in [1.807, 2.05) is 6.92 Å². The number of benzene rings is 2. The van der Waals surface area contributed by atoms with E-state index in [1.54, 1.807) is 6.07 Å². The molecule has 0 aliphatic rings. The lowest BCUT2D eigenvalue weighted by molar-refractivity contribution is -0.137. The molecule has 0 atom stereocenters. The Labute approximate surface area is 152 Å². The summed E-state index contributed by atoms with van der Waals surface area (Å²) in [5.74, 6) is -0.0547. The van der Waals surface area contributed by atoms with Crippen LogP contribution in [0.15, 0.2) is 48.5 Å². The number of aryl methyl sites for hydroxylation is 1. The summed E-state index contributed by atoms with van der Waals surface area (Å²) >= 11 is 0. The van der Waals surface area contributed by atoms with Crippen LogP contribution in [0.5, 0.6) is 11.6 Å². The van der Waals surface area contributed by atoms with Crippen LogP contribution in [0.2, 0.25) is 0 Å². The van der Waals surface area contributed by atoms with E-state index >= 15 is 0 Å². The molecular formula is C19H13F4N3O. The third-order valence-corrected chi connectivity index (χ3v) is 3.75. The highest BCUT2D eigenvalue weighted by atomic mass is 19.4. The summed E-state index contributed by atoms with van der Waals surface area (Å²) in [5.41, 5.74) is 0.167. The third kappa shape index (κ3) is 4.08. The number of hydrogen-bond donors (Lipinski definition) is 0. The summed E-state index contributed by atoms with van der Waals surface area (Å²) in [6, 6.07) is 9.70. The highest BCUT2D eigenvalue weighted by Crippen LogP contribution is 2.33. The summed E-state index contributed by atoms with van der Waals surface area (Å²) < 4.78 is 58.7. The molecule has 138 valence electrons. The van der Waals surface area contributed by atoms with Gasteiger partial charge < -0.3 is 4.74 Å². The number of hydrogen-bond acceptors (Lipinski definition) is 2. The first-order valence-electron chi connectivity index (χ1n) is 7.91. The van der Waals surface area contributed by atoms with Gasteiger partial charge in [-0.3, -0.25) is 0 Å². The van der Waals surface area contributed by atoms with Crippen molar-refractivity contribution in [3.63, 3.8) is 0 Å². The number of halogens is 4.